The molecule has 1 amide bonds. The van der Waals surface area contributed by atoms with Gasteiger partial charge in [-0.15, -0.1) is 0 Å². The number of hydrogen-bond donors (Lipinski definition) is 2. The largest absolute Gasteiger partial charge is 0.466 e. The molecule has 1 saturated carbocycles. The molecular weight excluding hydrogens is 244 g/mol. The zero-order valence-corrected chi connectivity index (χ0v) is 11.1. The minimum absolute atomic E-state index is 0.00131. The van der Waals surface area contributed by atoms with Crippen molar-refractivity contribution < 1.29 is 14.3 Å². The normalized spacial score (nSPS) is 22.8. The number of ether oxygens (including phenoxy) is 1. The molecule has 19 heavy (non-hydrogen) atoms. The van der Waals surface area contributed by atoms with Crippen LogP contribution in [0.25, 0.3) is 0 Å². The van der Waals surface area contributed by atoms with Crippen LogP contribution in [0.15, 0.2) is 18.3 Å². The van der Waals surface area contributed by atoms with Gasteiger partial charge in [-0.25, -0.2) is 0 Å². The van der Waals surface area contributed by atoms with Gasteiger partial charge in [-0.2, -0.15) is 0 Å². The molecule has 1 aromatic rings. The van der Waals surface area contributed by atoms with E-state index < -0.39 is 0 Å². The number of H-pyrrole nitrogens is 1. The fraction of sp³-hybridized carbons (Fsp3) is 0.571. The molecule has 0 bridgehead atoms. The maximum atomic E-state index is 11.9. The summed E-state index contributed by atoms with van der Waals surface area (Å²) in [5, 5.41) is 2.99. The second-order valence-electron chi connectivity index (χ2n) is 4.86. The Balaban J connectivity index is 1.77. The van der Waals surface area contributed by atoms with Crippen molar-refractivity contribution in [2.45, 2.75) is 38.6 Å². The van der Waals surface area contributed by atoms with Crippen molar-refractivity contribution in [3.05, 3.63) is 24.0 Å². The maximum absolute atomic E-state index is 11.9. The van der Waals surface area contributed by atoms with Gasteiger partial charge in [0, 0.05) is 12.2 Å². The van der Waals surface area contributed by atoms with E-state index in [0.717, 1.165) is 25.7 Å². The lowest BCUT2D eigenvalue weighted by atomic mass is 9.86. The van der Waals surface area contributed by atoms with Crippen LogP contribution in [0.4, 0.5) is 0 Å². The fourth-order valence-corrected chi connectivity index (χ4v) is 2.47. The first-order chi connectivity index (χ1) is 9.20. The van der Waals surface area contributed by atoms with Crippen LogP contribution in [0.2, 0.25) is 0 Å². The van der Waals surface area contributed by atoms with Gasteiger partial charge in [-0.3, -0.25) is 9.59 Å². The third-order valence-corrected chi connectivity index (χ3v) is 3.52. The van der Waals surface area contributed by atoms with Crippen molar-refractivity contribution in [1.82, 2.24) is 10.3 Å². The highest BCUT2D eigenvalue weighted by Crippen LogP contribution is 2.25. The van der Waals surface area contributed by atoms with Crippen LogP contribution in [0.1, 0.15) is 43.1 Å². The first kappa shape index (κ1) is 13.6. The fourth-order valence-electron chi connectivity index (χ4n) is 2.47. The Morgan fingerprint density at radius 1 is 1.37 bits per heavy atom. The zero-order chi connectivity index (χ0) is 13.7. The highest BCUT2D eigenvalue weighted by atomic mass is 16.5. The van der Waals surface area contributed by atoms with Gasteiger partial charge < -0.3 is 15.0 Å². The average molecular weight is 264 g/mol. The molecule has 5 nitrogen and oxygen atoms in total. The van der Waals surface area contributed by atoms with Gasteiger partial charge >= 0.3 is 5.97 Å². The summed E-state index contributed by atoms with van der Waals surface area (Å²) in [6.07, 6.45) is 4.96. The molecule has 0 spiro atoms. The van der Waals surface area contributed by atoms with Gasteiger partial charge in [0.1, 0.15) is 5.69 Å². The summed E-state index contributed by atoms with van der Waals surface area (Å²) < 4.78 is 5.03. The van der Waals surface area contributed by atoms with Crippen LogP contribution in [-0.2, 0) is 9.53 Å². The number of carbonyl (C=O) groups is 2. The molecule has 1 aliphatic rings. The van der Waals surface area contributed by atoms with Gasteiger partial charge in [0.15, 0.2) is 0 Å². The first-order valence-corrected chi connectivity index (χ1v) is 6.81. The minimum Gasteiger partial charge on any atom is -0.466 e. The lowest BCUT2D eigenvalue weighted by Crippen LogP contribution is -2.39. The SMILES string of the molecule is CCOC(=O)C1CCC(NC(=O)c2ccc[nH]2)CC1. The number of aromatic amines is 1. The van der Waals surface area contributed by atoms with E-state index in [-0.39, 0.29) is 23.8 Å². The molecule has 2 N–H and O–H groups in total. The van der Waals surface area contributed by atoms with Crippen LogP contribution in [0.5, 0.6) is 0 Å². The van der Waals surface area contributed by atoms with E-state index in [9.17, 15) is 9.59 Å². The summed E-state index contributed by atoms with van der Waals surface area (Å²) in [5.74, 6) is -0.181. The summed E-state index contributed by atoms with van der Waals surface area (Å²) in [5.41, 5.74) is 0.576. The predicted octanol–water partition coefficient (Wildman–Crippen LogP) is 1.87. The molecule has 0 unspecified atom stereocenters. The number of nitrogens with one attached hydrogen (secondary N) is 2. The van der Waals surface area contributed by atoms with Gasteiger partial charge in [-0.05, 0) is 44.7 Å². The summed E-state index contributed by atoms with van der Waals surface area (Å²) in [6, 6.07) is 3.70. The zero-order valence-electron chi connectivity index (χ0n) is 11.1. The standard InChI is InChI=1S/C14H20N2O3/c1-2-19-14(18)10-5-7-11(8-6-10)16-13(17)12-4-3-9-15-12/h3-4,9-11,15H,2,5-8H2,1H3,(H,16,17). The molecule has 1 aromatic heterocycles. The molecule has 5 heteroatoms. The lowest BCUT2D eigenvalue weighted by molar-refractivity contribution is -0.149. The number of hydrogen-bond acceptors (Lipinski definition) is 3. The van der Waals surface area contributed by atoms with Gasteiger partial charge in [0.2, 0.25) is 0 Å². The Labute approximate surface area is 112 Å². The first-order valence-electron chi connectivity index (χ1n) is 6.81. The Bertz CT molecular complexity index is 420. The van der Waals surface area contributed by atoms with Crippen LogP contribution in [0.3, 0.4) is 0 Å². The molecule has 0 aliphatic heterocycles. The van der Waals surface area contributed by atoms with Crippen molar-refractivity contribution in [2.24, 2.45) is 5.92 Å². The third-order valence-electron chi connectivity index (χ3n) is 3.52. The highest BCUT2D eigenvalue weighted by molar-refractivity contribution is 5.92. The Morgan fingerprint density at radius 2 is 2.11 bits per heavy atom. The van der Waals surface area contributed by atoms with Crippen LogP contribution in [-0.4, -0.2) is 29.5 Å². The smallest absolute Gasteiger partial charge is 0.308 e. The van der Waals surface area contributed by atoms with Crippen LogP contribution < -0.4 is 5.32 Å². The van der Waals surface area contributed by atoms with Crippen molar-refractivity contribution in [3.8, 4) is 0 Å². The Morgan fingerprint density at radius 3 is 2.68 bits per heavy atom. The number of rotatable bonds is 4. The Kier molecular flexibility index (Phi) is 4.60. The van der Waals surface area contributed by atoms with E-state index >= 15 is 0 Å². The van der Waals surface area contributed by atoms with Crippen molar-refractivity contribution in [3.63, 3.8) is 0 Å². The lowest BCUT2D eigenvalue weighted by Gasteiger charge is -2.27. The number of amides is 1. The molecule has 0 atom stereocenters. The van der Waals surface area contributed by atoms with Crippen molar-refractivity contribution >= 4 is 11.9 Å². The van der Waals surface area contributed by atoms with E-state index in [2.05, 4.69) is 10.3 Å². The molecule has 1 heterocycles. The second kappa shape index (κ2) is 6.41. The van der Waals surface area contributed by atoms with E-state index in [1.165, 1.54) is 0 Å². The monoisotopic (exact) mass is 264 g/mol. The summed E-state index contributed by atoms with van der Waals surface area (Å²) >= 11 is 0. The van der Waals surface area contributed by atoms with Gasteiger partial charge in [-0.1, -0.05) is 0 Å². The van der Waals surface area contributed by atoms with Crippen molar-refractivity contribution in [2.75, 3.05) is 6.61 Å². The second-order valence-corrected chi connectivity index (χ2v) is 4.86. The topological polar surface area (TPSA) is 71.2 Å². The minimum atomic E-state index is -0.100. The van der Waals surface area contributed by atoms with Crippen LogP contribution >= 0.6 is 0 Å². The molecular formula is C14H20N2O3. The van der Waals surface area contributed by atoms with E-state index in [0.29, 0.717) is 12.3 Å². The molecule has 0 saturated heterocycles. The third kappa shape index (κ3) is 3.59. The molecule has 1 aliphatic carbocycles. The van der Waals surface area contributed by atoms with E-state index in [1.807, 2.05) is 6.92 Å². The number of carbonyl (C=O) groups excluding carboxylic acids is 2. The number of aromatic nitrogens is 1. The van der Waals surface area contributed by atoms with Gasteiger partial charge in [0.25, 0.3) is 5.91 Å². The summed E-state index contributed by atoms with van der Waals surface area (Å²) in [6.45, 7) is 2.25. The molecule has 0 aromatic carbocycles. The maximum Gasteiger partial charge on any atom is 0.308 e. The molecule has 2 rings (SSSR count). The van der Waals surface area contributed by atoms with E-state index in [4.69, 9.17) is 4.74 Å². The van der Waals surface area contributed by atoms with Gasteiger partial charge in [0.05, 0.1) is 12.5 Å². The van der Waals surface area contributed by atoms with E-state index in [1.54, 1.807) is 18.3 Å². The molecule has 104 valence electrons. The molecule has 0 radical (unpaired) electrons. The Hall–Kier alpha value is -1.78. The highest BCUT2D eigenvalue weighted by Gasteiger charge is 2.28. The quantitative estimate of drug-likeness (QED) is 0.815. The van der Waals surface area contributed by atoms with Crippen LogP contribution in [0, 0.1) is 5.92 Å². The number of esters is 1. The predicted molar refractivity (Wildman–Crippen MR) is 70.6 cm³/mol. The van der Waals surface area contributed by atoms with Crippen molar-refractivity contribution in [1.29, 1.82) is 0 Å². The summed E-state index contributed by atoms with van der Waals surface area (Å²) in [4.78, 5) is 26.3. The molecule has 1 fully saturated rings. The average Bonchev–Trinajstić information content (AvgIpc) is 2.94. The summed E-state index contributed by atoms with van der Waals surface area (Å²) in [7, 11) is 0.